The lowest BCUT2D eigenvalue weighted by atomic mass is 10.1. The molecule has 9 heteroatoms. The smallest absolute Gasteiger partial charge is 0.253 e. The number of aromatic nitrogens is 4. The van der Waals surface area contributed by atoms with Crippen LogP contribution in [0.1, 0.15) is 48.3 Å². The molecule has 0 spiro atoms. The molecular weight excluding hydrogens is 370 g/mol. The molecule has 3 heterocycles. The molecule has 9 nitrogen and oxygen atoms in total. The van der Waals surface area contributed by atoms with Gasteiger partial charge < -0.3 is 15.6 Å². The third-order valence-electron chi connectivity index (χ3n) is 5.71. The number of nitrogens with one attached hydrogen (secondary N) is 3. The number of rotatable bonds is 9. The number of hydrogen-bond donors (Lipinski definition) is 3. The van der Waals surface area contributed by atoms with Crippen LogP contribution in [0.4, 0.5) is 0 Å². The molecule has 2 fully saturated rings. The first-order valence-electron chi connectivity index (χ1n) is 10.2. The molecule has 1 saturated carbocycles. The molecule has 0 unspecified atom stereocenters. The van der Waals surface area contributed by atoms with E-state index >= 15 is 0 Å². The highest BCUT2D eigenvalue weighted by Gasteiger charge is 2.38. The average molecular weight is 397 g/mol. The molecule has 154 valence electrons. The van der Waals surface area contributed by atoms with E-state index in [4.69, 9.17) is 0 Å². The normalized spacial score (nSPS) is 21.8. The van der Waals surface area contributed by atoms with E-state index in [1.807, 2.05) is 0 Å². The van der Waals surface area contributed by atoms with Crippen molar-refractivity contribution < 1.29 is 9.59 Å². The van der Waals surface area contributed by atoms with E-state index in [0.717, 1.165) is 31.1 Å². The second-order valence-corrected chi connectivity index (χ2v) is 7.88. The first-order chi connectivity index (χ1) is 14.2. The monoisotopic (exact) mass is 397 g/mol. The van der Waals surface area contributed by atoms with E-state index in [-0.39, 0.29) is 23.9 Å². The minimum atomic E-state index is -0.133. The predicted molar refractivity (Wildman–Crippen MR) is 106 cm³/mol. The van der Waals surface area contributed by atoms with Gasteiger partial charge in [-0.25, -0.2) is 4.98 Å². The van der Waals surface area contributed by atoms with E-state index in [1.165, 1.54) is 25.2 Å². The van der Waals surface area contributed by atoms with E-state index in [9.17, 15) is 9.59 Å². The number of amides is 2. The zero-order chi connectivity index (χ0) is 20.1. The molecular formula is C20H27N7O2. The van der Waals surface area contributed by atoms with Crippen LogP contribution in [0.2, 0.25) is 0 Å². The topological polar surface area (TPSA) is 116 Å². The Bertz CT molecular complexity index is 808. The summed E-state index contributed by atoms with van der Waals surface area (Å²) in [7, 11) is 0. The largest absolute Gasteiger partial charge is 0.350 e. The zero-order valence-corrected chi connectivity index (χ0v) is 16.4. The van der Waals surface area contributed by atoms with Crippen LogP contribution in [0.5, 0.6) is 0 Å². The Labute approximate surface area is 169 Å². The Morgan fingerprint density at radius 2 is 1.97 bits per heavy atom. The standard InChI is InChI=1S/C20H27N7O2/c28-19(23-12-18-21-7-8-22-18)9-16-3-4-17(27(16)13-14-1-2-14)11-24-20(29)15-5-6-25-26-10-15/h5-8,10,14,16-17H,1-4,9,11-13H2,(H,21,22)(H,23,28)(H,24,29)/t16-,17+/m1/s1. The summed E-state index contributed by atoms with van der Waals surface area (Å²) in [5.41, 5.74) is 0.514. The number of H-pyrrole nitrogens is 1. The molecule has 1 aliphatic heterocycles. The summed E-state index contributed by atoms with van der Waals surface area (Å²) in [5, 5.41) is 13.4. The highest BCUT2D eigenvalue weighted by atomic mass is 16.2. The van der Waals surface area contributed by atoms with Crippen LogP contribution < -0.4 is 10.6 Å². The number of carbonyl (C=O) groups excluding carboxylic acids is 2. The summed E-state index contributed by atoms with van der Waals surface area (Å²) < 4.78 is 0. The van der Waals surface area contributed by atoms with Crippen LogP contribution in [0.25, 0.3) is 0 Å². The maximum absolute atomic E-state index is 12.4. The van der Waals surface area contributed by atoms with Crippen molar-refractivity contribution in [2.24, 2.45) is 5.92 Å². The maximum atomic E-state index is 12.4. The van der Waals surface area contributed by atoms with Gasteiger partial charge in [0.15, 0.2) is 0 Å². The summed E-state index contributed by atoms with van der Waals surface area (Å²) in [4.78, 5) is 34.3. The van der Waals surface area contributed by atoms with Crippen LogP contribution in [0.3, 0.4) is 0 Å². The van der Waals surface area contributed by atoms with Crippen LogP contribution in [0.15, 0.2) is 30.9 Å². The third-order valence-corrected chi connectivity index (χ3v) is 5.71. The Morgan fingerprint density at radius 3 is 2.69 bits per heavy atom. The predicted octanol–water partition coefficient (Wildman–Crippen LogP) is 0.879. The zero-order valence-electron chi connectivity index (χ0n) is 16.4. The van der Waals surface area contributed by atoms with Crippen LogP contribution in [-0.2, 0) is 11.3 Å². The molecule has 0 radical (unpaired) electrons. The fourth-order valence-electron chi connectivity index (χ4n) is 3.95. The minimum absolute atomic E-state index is 0.0414. The molecule has 2 aromatic heterocycles. The van der Waals surface area contributed by atoms with Crippen molar-refractivity contribution in [3.8, 4) is 0 Å². The number of nitrogens with zero attached hydrogens (tertiary/aromatic N) is 4. The Kier molecular flexibility index (Phi) is 6.14. The van der Waals surface area contributed by atoms with Gasteiger partial charge in [0, 0.05) is 44.0 Å². The number of aromatic amines is 1. The van der Waals surface area contributed by atoms with Crippen molar-refractivity contribution in [2.75, 3.05) is 13.1 Å². The Hall–Kier alpha value is -2.81. The lowest BCUT2D eigenvalue weighted by Crippen LogP contribution is -2.45. The first-order valence-corrected chi connectivity index (χ1v) is 10.2. The van der Waals surface area contributed by atoms with Crippen molar-refractivity contribution in [1.29, 1.82) is 0 Å². The number of hydrogen-bond acceptors (Lipinski definition) is 6. The van der Waals surface area contributed by atoms with Gasteiger partial charge in [-0.1, -0.05) is 0 Å². The van der Waals surface area contributed by atoms with Gasteiger partial charge >= 0.3 is 0 Å². The van der Waals surface area contributed by atoms with Crippen molar-refractivity contribution in [3.05, 3.63) is 42.2 Å². The molecule has 2 amide bonds. The molecule has 2 aromatic rings. The molecule has 0 bridgehead atoms. The van der Waals surface area contributed by atoms with Crippen molar-refractivity contribution >= 4 is 11.8 Å². The molecule has 2 aliphatic rings. The molecule has 1 aliphatic carbocycles. The fraction of sp³-hybridized carbons (Fsp3) is 0.550. The maximum Gasteiger partial charge on any atom is 0.253 e. The number of imidazole rings is 1. The van der Waals surface area contributed by atoms with Crippen LogP contribution in [-0.4, -0.2) is 62.1 Å². The Balaban J connectivity index is 1.30. The summed E-state index contributed by atoms with van der Waals surface area (Å²) in [6.07, 6.45) is 11.4. The van der Waals surface area contributed by atoms with Crippen LogP contribution in [0, 0.1) is 5.92 Å². The number of likely N-dealkylation sites (tertiary alicyclic amines) is 1. The fourth-order valence-corrected chi connectivity index (χ4v) is 3.95. The summed E-state index contributed by atoms with van der Waals surface area (Å²) in [5.74, 6) is 1.39. The lowest BCUT2D eigenvalue weighted by molar-refractivity contribution is -0.122. The highest BCUT2D eigenvalue weighted by Crippen LogP contribution is 2.35. The van der Waals surface area contributed by atoms with E-state index in [2.05, 4.69) is 35.7 Å². The second-order valence-electron chi connectivity index (χ2n) is 7.88. The molecule has 4 rings (SSSR count). The van der Waals surface area contributed by atoms with Gasteiger partial charge in [-0.3, -0.25) is 14.5 Å². The van der Waals surface area contributed by atoms with Gasteiger partial charge in [0.25, 0.3) is 5.91 Å². The van der Waals surface area contributed by atoms with Gasteiger partial charge in [-0.15, -0.1) is 0 Å². The SMILES string of the molecule is O=C(C[C@H]1CC[C@@H](CNC(=O)c2ccnnc2)N1CC1CC1)NCc1ncc[nH]1. The van der Waals surface area contributed by atoms with Gasteiger partial charge in [-0.2, -0.15) is 10.2 Å². The van der Waals surface area contributed by atoms with Crippen LogP contribution >= 0.6 is 0 Å². The van der Waals surface area contributed by atoms with Gasteiger partial charge in [-0.05, 0) is 37.7 Å². The quantitative estimate of drug-likeness (QED) is 0.578. The second kappa shape index (κ2) is 9.13. The van der Waals surface area contributed by atoms with Gasteiger partial charge in [0.05, 0.1) is 24.5 Å². The van der Waals surface area contributed by atoms with E-state index in [1.54, 1.807) is 18.5 Å². The summed E-state index contributed by atoms with van der Waals surface area (Å²) >= 11 is 0. The molecule has 29 heavy (non-hydrogen) atoms. The minimum Gasteiger partial charge on any atom is -0.350 e. The molecule has 0 aromatic carbocycles. The molecule has 1 saturated heterocycles. The lowest BCUT2D eigenvalue weighted by Gasteiger charge is -2.30. The average Bonchev–Trinajstić information content (AvgIpc) is 3.26. The Morgan fingerprint density at radius 1 is 1.10 bits per heavy atom. The van der Waals surface area contributed by atoms with Crippen molar-refractivity contribution in [1.82, 2.24) is 35.7 Å². The van der Waals surface area contributed by atoms with Gasteiger partial charge in [0.2, 0.25) is 5.91 Å². The highest BCUT2D eigenvalue weighted by molar-refractivity contribution is 5.93. The van der Waals surface area contributed by atoms with E-state index < -0.39 is 0 Å². The first kappa shape index (κ1) is 19.5. The van der Waals surface area contributed by atoms with Crippen molar-refractivity contribution in [2.45, 2.75) is 50.7 Å². The van der Waals surface area contributed by atoms with Crippen molar-refractivity contribution in [3.63, 3.8) is 0 Å². The third kappa shape index (κ3) is 5.38. The number of carbonyl (C=O) groups is 2. The molecule has 2 atom stereocenters. The van der Waals surface area contributed by atoms with Gasteiger partial charge in [0.1, 0.15) is 5.82 Å². The molecule has 3 N–H and O–H groups in total. The summed E-state index contributed by atoms with van der Waals surface area (Å²) in [6, 6.07) is 2.14. The van der Waals surface area contributed by atoms with E-state index in [0.29, 0.717) is 25.1 Å². The summed E-state index contributed by atoms with van der Waals surface area (Å²) in [6.45, 7) is 2.01.